The molecule has 1 fully saturated rings. The lowest BCUT2D eigenvalue weighted by atomic mass is 9.92. The molecule has 7 heteroatoms. The molecular weight excluding hydrogens is 358 g/mol. The Morgan fingerprint density at radius 2 is 1.93 bits per heavy atom. The van der Waals surface area contributed by atoms with Crippen molar-refractivity contribution in [2.45, 2.75) is 38.9 Å². The van der Waals surface area contributed by atoms with Gasteiger partial charge in [0.05, 0.1) is 11.3 Å². The molecule has 0 unspecified atom stereocenters. The molecule has 0 N–H and O–H groups in total. The number of para-hydroxylation sites is 1. The number of rotatable bonds is 4. The molecule has 3 heterocycles. The second kappa shape index (κ2) is 7.46. The molecule has 1 aromatic carbocycles. The lowest BCUT2D eigenvalue weighted by Crippen LogP contribution is -2.43. The van der Waals surface area contributed by atoms with Gasteiger partial charge in [-0.2, -0.15) is 0 Å². The van der Waals surface area contributed by atoms with Crippen molar-refractivity contribution in [3.8, 4) is 0 Å². The zero-order valence-electron chi connectivity index (χ0n) is 16.1. The predicted molar refractivity (Wildman–Crippen MR) is 109 cm³/mol. The zero-order valence-corrected chi connectivity index (χ0v) is 16.9. The Balaban J connectivity index is 1.54. The highest BCUT2D eigenvalue weighted by Gasteiger charge is 2.25. The molecule has 27 heavy (non-hydrogen) atoms. The monoisotopic (exact) mass is 383 g/mol. The number of piperidine rings is 1. The number of hydrogen-bond donors (Lipinski definition) is 0. The van der Waals surface area contributed by atoms with E-state index in [-0.39, 0.29) is 5.91 Å². The van der Waals surface area contributed by atoms with Crippen LogP contribution in [0.15, 0.2) is 29.4 Å². The van der Waals surface area contributed by atoms with Crippen molar-refractivity contribution < 1.29 is 4.79 Å². The summed E-state index contributed by atoms with van der Waals surface area (Å²) in [6, 6.07) is 8.16. The number of hydrogen-bond acceptors (Lipinski definition) is 5. The van der Waals surface area contributed by atoms with Gasteiger partial charge in [-0.25, -0.2) is 4.98 Å². The van der Waals surface area contributed by atoms with Crippen molar-refractivity contribution in [2.75, 3.05) is 18.8 Å². The molecule has 0 spiro atoms. The molecule has 0 radical (unpaired) electrons. The number of benzene rings is 1. The van der Waals surface area contributed by atoms with Gasteiger partial charge in [0.1, 0.15) is 5.52 Å². The molecule has 0 saturated carbocycles. The van der Waals surface area contributed by atoms with E-state index < -0.39 is 0 Å². The fourth-order valence-electron chi connectivity index (χ4n) is 4.15. The summed E-state index contributed by atoms with van der Waals surface area (Å²) in [5.41, 5.74) is 2.77. The second-order valence-corrected chi connectivity index (χ2v) is 8.50. The summed E-state index contributed by atoms with van der Waals surface area (Å²) < 4.78 is 2.15. The molecule has 1 aliphatic heterocycles. The molecule has 6 nitrogen and oxygen atoms in total. The van der Waals surface area contributed by atoms with Crippen LogP contribution in [0.4, 0.5) is 0 Å². The number of aromatic nitrogens is 4. The van der Waals surface area contributed by atoms with Gasteiger partial charge in [-0.3, -0.25) is 4.79 Å². The fraction of sp³-hybridized carbons (Fsp3) is 0.500. The number of thioether (sulfide) groups is 1. The van der Waals surface area contributed by atoms with Gasteiger partial charge in [-0.1, -0.05) is 43.8 Å². The molecule has 1 aliphatic rings. The number of carbonyl (C=O) groups is 1. The molecule has 2 aromatic heterocycles. The maximum absolute atomic E-state index is 12.6. The first kappa shape index (κ1) is 18.2. The van der Waals surface area contributed by atoms with E-state index in [1.54, 1.807) is 0 Å². The molecule has 2 atom stereocenters. The van der Waals surface area contributed by atoms with Crippen molar-refractivity contribution in [2.24, 2.45) is 11.8 Å². The SMILES string of the molecule is CCn1c2ccccc2c2nnc(SCC(=O)N3C[C@H](C)C[C@H](C)C3)nc21. The fourth-order valence-corrected chi connectivity index (χ4v) is 4.84. The smallest absolute Gasteiger partial charge is 0.233 e. The van der Waals surface area contributed by atoms with Crippen LogP contribution in [-0.4, -0.2) is 49.4 Å². The third-order valence-electron chi connectivity index (χ3n) is 5.22. The van der Waals surface area contributed by atoms with E-state index in [1.165, 1.54) is 18.2 Å². The standard InChI is InChI=1S/C20H25N5OS/c1-4-25-16-8-6-5-7-15(16)18-19(25)21-20(23-22-18)27-12-17(26)24-10-13(2)9-14(3)11-24/h5-8,13-14H,4,9-12H2,1-3H3/t13-,14+. The lowest BCUT2D eigenvalue weighted by molar-refractivity contribution is -0.130. The van der Waals surface area contributed by atoms with Crippen LogP contribution in [-0.2, 0) is 11.3 Å². The first-order valence-electron chi connectivity index (χ1n) is 9.59. The van der Waals surface area contributed by atoms with Crippen LogP contribution in [0.2, 0.25) is 0 Å². The summed E-state index contributed by atoms with van der Waals surface area (Å²) in [5.74, 6) is 1.66. The Morgan fingerprint density at radius 3 is 2.67 bits per heavy atom. The second-order valence-electron chi connectivity index (χ2n) is 7.56. The van der Waals surface area contributed by atoms with E-state index in [0.717, 1.165) is 41.7 Å². The summed E-state index contributed by atoms with van der Waals surface area (Å²) >= 11 is 1.38. The molecule has 142 valence electrons. The number of nitrogens with zero attached hydrogens (tertiary/aromatic N) is 5. The summed E-state index contributed by atoms with van der Waals surface area (Å²) in [6.45, 7) is 9.05. The molecule has 0 aliphatic carbocycles. The maximum atomic E-state index is 12.6. The Kier molecular flexibility index (Phi) is 5.04. The number of fused-ring (bicyclic) bond motifs is 3. The largest absolute Gasteiger partial charge is 0.341 e. The normalized spacial score (nSPS) is 20.5. The van der Waals surface area contributed by atoms with Crippen molar-refractivity contribution in [1.29, 1.82) is 0 Å². The quantitative estimate of drug-likeness (QED) is 0.644. The highest BCUT2D eigenvalue weighted by Crippen LogP contribution is 2.27. The number of carbonyl (C=O) groups excluding carboxylic acids is 1. The number of likely N-dealkylation sites (tertiary alicyclic amines) is 1. The van der Waals surface area contributed by atoms with E-state index in [4.69, 9.17) is 4.98 Å². The van der Waals surface area contributed by atoms with Crippen LogP contribution >= 0.6 is 11.8 Å². The van der Waals surface area contributed by atoms with Crippen LogP contribution in [0.1, 0.15) is 27.2 Å². The van der Waals surface area contributed by atoms with Gasteiger partial charge in [0.15, 0.2) is 5.65 Å². The van der Waals surface area contributed by atoms with Crippen molar-refractivity contribution >= 4 is 39.7 Å². The van der Waals surface area contributed by atoms with Crippen LogP contribution in [0.3, 0.4) is 0 Å². The van der Waals surface area contributed by atoms with E-state index >= 15 is 0 Å². The van der Waals surface area contributed by atoms with E-state index in [2.05, 4.69) is 47.7 Å². The van der Waals surface area contributed by atoms with Crippen LogP contribution in [0.25, 0.3) is 22.1 Å². The van der Waals surface area contributed by atoms with Crippen LogP contribution < -0.4 is 0 Å². The summed E-state index contributed by atoms with van der Waals surface area (Å²) in [7, 11) is 0. The van der Waals surface area contributed by atoms with Gasteiger partial charge in [0.25, 0.3) is 0 Å². The van der Waals surface area contributed by atoms with Gasteiger partial charge in [-0.05, 0) is 31.2 Å². The third kappa shape index (κ3) is 3.52. The Morgan fingerprint density at radius 1 is 1.19 bits per heavy atom. The Bertz CT molecular complexity index is 975. The molecule has 4 rings (SSSR count). The van der Waals surface area contributed by atoms with Crippen LogP contribution in [0.5, 0.6) is 0 Å². The van der Waals surface area contributed by atoms with Crippen molar-refractivity contribution in [3.05, 3.63) is 24.3 Å². The maximum Gasteiger partial charge on any atom is 0.233 e. The minimum Gasteiger partial charge on any atom is -0.341 e. The zero-order chi connectivity index (χ0) is 19.0. The molecule has 0 bridgehead atoms. The van der Waals surface area contributed by atoms with E-state index in [0.29, 0.717) is 22.7 Å². The lowest BCUT2D eigenvalue weighted by Gasteiger charge is -2.34. The average molecular weight is 384 g/mol. The summed E-state index contributed by atoms with van der Waals surface area (Å²) in [4.78, 5) is 19.3. The predicted octanol–water partition coefficient (Wildman–Crippen LogP) is 3.60. The number of amides is 1. The number of aryl methyl sites for hydroxylation is 1. The van der Waals surface area contributed by atoms with Gasteiger partial charge in [0, 0.05) is 25.0 Å². The highest BCUT2D eigenvalue weighted by molar-refractivity contribution is 7.99. The minimum atomic E-state index is 0.165. The summed E-state index contributed by atoms with van der Waals surface area (Å²) in [6.07, 6.45) is 1.20. The molecule has 3 aromatic rings. The molecule has 1 saturated heterocycles. The first-order chi connectivity index (χ1) is 13.1. The van der Waals surface area contributed by atoms with E-state index in [9.17, 15) is 4.79 Å². The third-order valence-corrected chi connectivity index (χ3v) is 6.04. The van der Waals surface area contributed by atoms with Crippen LogP contribution in [0, 0.1) is 11.8 Å². The minimum absolute atomic E-state index is 0.165. The molecule has 1 amide bonds. The van der Waals surface area contributed by atoms with Crippen molar-refractivity contribution in [1.82, 2.24) is 24.6 Å². The average Bonchev–Trinajstić information content (AvgIpc) is 2.98. The topological polar surface area (TPSA) is 63.9 Å². The van der Waals surface area contributed by atoms with Gasteiger partial charge >= 0.3 is 0 Å². The summed E-state index contributed by atoms with van der Waals surface area (Å²) in [5, 5.41) is 10.3. The molecular formula is C20H25N5OS. The highest BCUT2D eigenvalue weighted by atomic mass is 32.2. The Hall–Kier alpha value is -2.15. The van der Waals surface area contributed by atoms with Gasteiger partial charge < -0.3 is 9.47 Å². The van der Waals surface area contributed by atoms with Gasteiger partial charge in [-0.15, -0.1) is 10.2 Å². The first-order valence-corrected chi connectivity index (χ1v) is 10.6. The Labute approximate surface area is 163 Å². The van der Waals surface area contributed by atoms with Gasteiger partial charge in [0.2, 0.25) is 11.1 Å². The van der Waals surface area contributed by atoms with E-state index in [1.807, 2.05) is 17.0 Å². The van der Waals surface area contributed by atoms with Crippen molar-refractivity contribution in [3.63, 3.8) is 0 Å².